The topological polar surface area (TPSA) is 73.8 Å². The van der Waals surface area contributed by atoms with Crippen molar-refractivity contribution in [1.82, 2.24) is 14.9 Å². The van der Waals surface area contributed by atoms with Crippen LogP contribution in [-0.2, 0) is 16.6 Å². The van der Waals surface area contributed by atoms with E-state index >= 15 is 0 Å². The van der Waals surface area contributed by atoms with Crippen molar-refractivity contribution < 1.29 is 12.8 Å². The molecule has 1 fully saturated rings. The van der Waals surface area contributed by atoms with Gasteiger partial charge in [0.05, 0.1) is 6.26 Å². The fourth-order valence-electron chi connectivity index (χ4n) is 2.84. The third-order valence-electron chi connectivity index (χ3n) is 4.52. The van der Waals surface area contributed by atoms with Gasteiger partial charge in [-0.05, 0) is 42.9 Å². The fourth-order valence-corrected chi connectivity index (χ4v) is 3.71. The number of hydrogen-bond donors (Lipinski definition) is 2. The highest BCUT2D eigenvalue weighted by Gasteiger charge is 2.24. The first-order valence-electron chi connectivity index (χ1n) is 8.44. The van der Waals surface area contributed by atoms with Gasteiger partial charge in [0.15, 0.2) is 5.96 Å². The van der Waals surface area contributed by atoms with Gasteiger partial charge in [-0.25, -0.2) is 17.1 Å². The molecule has 26 heavy (non-hydrogen) atoms. The van der Waals surface area contributed by atoms with Crippen molar-refractivity contribution in [3.63, 3.8) is 0 Å². The molecule has 0 atom stereocenters. The molecular formula is C17H28FIN4O2S. The van der Waals surface area contributed by atoms with E-state index in [9.17, 15) is 12.8 Å². The number of piperidine rings is 1. The third-order valence-corrected chi connectivity index (χ3v) is 5.82. The Hall–Kier alpha value is -0.940. The highest BCUT2D eigenvalue weighted by atomic mass is 127. The molecule has 0 amide bonds. The van der Waals surface area contributed by atoms with Crippen LogP contribution in [0.3, 0.4) is 0 Å². The van der Waals surface area contributed by atoms with Crippen molar-refractivity contribution in [2.75, 3.05) is 32.9 Å². The van der Waals surface area contributed by atoms with Gasteiger partial charge in [0, 0.05) is 33.2 Å². The molecule has 0 unspecified atom stereocenters. The number of guanidine groups is 1. The molecule has 0 bridgehead atoms. The Morgan fingerprint density at radius 1 is 1.31 bits per heavy atom. The van der Waals surface area contributed by atoms with Crippen molar-refractivity contribution in [1.29, 1.82) is 0 Å². The highest BCUT2D eigenvalue weighted by Crippen LogP contribution is 2.18. The molecule has 6 nitrogen and oxygen atoms in total. The molecule has 1 aliphatic heterocycles. The summed E-state index contributed by atoms with van der Waals surface area (Å²) in [6.45, 7) is 4.10. The number of nitrogens with one attached hydrogen (secondary N) is 2. The number of nitrogens with zero attached hydrogens (tertiary/aromatic N) is 2. The summed E-state index contributed by atoms with van der Waals surface area (Å²) in [6, 6.07) is 5.17. The number of hydrogen-bond acceptors (Lipinski definition) is 3. The monoisotopic (exact) mass is 498 g/mol. The molecule has 0 aliphatic carbocycles. The molecule has 0 aromatic heterocycles. The first kappa shape index (κ1) is 23.1. The van der Waals surface area contributed by atoms with E-state index in [2.05, 4.69) is 15.6 Å². The van der Waals surface area contributed by atoms with E-state index in [4.69, 9.17) is 0 Å². The van der Waals surface area contributed by atoms with E-state index in [0.29, 0.717) is 37.1 Å². The lowest BCUT2D eigenvalue weighted by atomic mass is 9.98. The standard InChI is InChI=1S/C17H27FN4O2S.HI/c1-13-4-5-15(10-16(13)18)12-21-17(19-2)20-11-14-6-8-22(9-7-14)25(3,23)24;/h4-5,10,14H,6-9,11-12H2,1-3H3,(H2,19,20,21);1H. The fraction of sp³-hybridized carbons (Fsp3) is 0.588. The van der Waals surface area contributed by atoms with Gasteiger partial charge in [0.25, 0.3) is 0 Å². The van der Waals surface area contributed by atoms with Crippen LogP contribution in [0.2, 0.25) is 0 Å². The van der Waals surface area contributed by atoms with Gasteiger partial charge in [0.1, 0.15) is 5.82 Å². The lowest BCUT2D eigenvalue weighted by Gasteiger charge is -2.30. The molecule has 148 valence electrons. The molecule has 0 radical (unpaired) electrons. The number of benzene rings is 1. The van der Waals surface area contributed by atoms with Crippen LogP contribution in [0.1, 0.15) is 24.0 Å². The zero-order valence-corrected chi connectivity index (χ0v) is 18.6. The van der Waals surface area contributed by atoms with E-state index in [1.807, 2.05) is 6.07 Å². The summed E-state index contributed by atoms with van der Waals surface area (Å²) in [5.74, 6) is 0.861. The normalized spacial score (nSPS) is 16.8. The SMILES string of the molecule is CN=C(NCc1ccc(C)c(F)c1)NCC1CCN(S(C)(=O)=O)CC1.I. The summed E-state index contributed by atoms with van der Waals surface area (Å²) in [4.78, 5) is 4.18. The van der Waals surface area contributed by atoms with Crippen molar-refractivity contribution in [2.24, 2.45) is 10.9 Å². The summed E-state index contributed by atoms with van der Waals surface area (Å²) < 4.78 is 38.2. The summed E-state index contributed by atoms with van der Waals surface area (Å²) in [6.07, 6.45) is 2.92. The van der Waals surface area contributed by atoms with Crippen molar-refractivity contribution in [3.05, 3.63) is 35.1 Å². The van der Waals surface area contributed by atoms with Crippen molar-refractivity contribution in [3.8, 4) is 0 Å². The minimum absolute atomic E-state index is 0. The van der Waals surface area contributed by atoms with Crippen LogP contribution in [0.5, 0.6) is 0 Å². The predicted molar refractivity (Wildman–Crippen MR) is 114 cm³/mol. The maximum absolute atomic E-state index is 13.6. The number of aryl methyl sites for hydroxylation is 1. The van der Waals surface area contributed by atoms with Gasteiger partial charge < -0.3 is 10.6 Å². The quantitative estimate of drug-likeness (QED) is 0.371. The summed E-state index contributed by atoms with van der Waals surface area (Å²) in [5.41, 5.74) is 1.49. The van der Waals surface area contributed by atoms with E-state index in [1.54, 1.807) is 20.0 Å². The lowest BCUT2D eigenvalue weighted by molar-refractivity contribution is 0.275. The molecule has 1 heterocycles. The molecule has 9 heteroatoms. The lowest BCUT2D eigenvalue weighted by Crippen LogP contribution is -2.43. The number of aliphatic imine (C=N–C) groups is 1. The van der Waals surface area contributed by atoms with E-state index in [0.717, 1.165) is 24.9 Å². The largest absolute Gasteiger partial charge is 0.356 e. The van der Waals surface area contributed by atoms with Crippen LogP contribution < -0.4 is 10.6 Å². The van der Waals surface area contributed by atoms with Crippen LogP contribution in [0.4, 0.5) is 4.39 Å². The number of halogens is 2. The van der Waals surface area contributed by atoms with Gasteiger partial charge in [-0.2, -0.15) is 0 Å². The maximum atomic E-state index is 13.6. The Labute approximate surface area is 172 Å². The molecular weight excluding hydrogens is 470 g/mol. The zero-order valence-electron chi connectivity index (χ0n) is 15.5. The van der Waals surface area contributed by atoms with Crippen LogP contribution in [0, 0.1) is 18.7 Å². The average molecular weight is 498 g/mol. The predicted octanol–water partition coefficient (Wildman–Crippen LogP) is 2.09. The first-order valence-corrected chi connectivity index (χ1v) is 10.3. The molecule has 2 N–H and O–H groups in total. The third kappa shape index (κ3) is 6.99. The maximum Gasteiger partial charge on any atom is 0.211 e. The molecule has 2 rings (SSSR count). The van der Waals surface area contributed by atoms with E-state index < -0.39 is 10.0 Å². The molecule has 0 saturated carbocycles. The van der Waals surface area contributed by atoms with Crippen LogP contribution >= 0.6 is 24.0 Å². The molecule has 0 spiro atoms. The van der Waals surface area contributed by atoms with Crippen molar-refractivity contribution in [2.45, 2.75) is 26.3 Å². The number of sulfonamides is 1. The zero-order chi connectivity index (χ0) is 18.4. The van der Waals surface area contributed by atoms with Gasteiger partial charge >= 0.3 is 0 Å². The minimum Gasteiger partial charge on any atom is -0.356 e. The van der Waals surface area contributed by atoms with Gasteiger partial charge in [0.2, 0.25) is 10.0 Å². The van der Waals surface area contributed by atoms with Gasteiger partial charge in [-0.3, -0.25) is 4.99 Å². The summed E-state index contributed by atoms with van der Waals surface area (Å²) in [7, 11) is -1.39. The average Bonchev–Trinajstić information content (AvgIpc) is 2.57. The van der Waals surface area contributed by atoms with E-state index in [-0.39, 0.29) is 29.8 Å². The summed E-state index contributed by atoms with van der Waals surface area (Å²) in [5, 5.41) is 6.44. The minimum atomic E-state index is -3.08. The molecule has 1 aromatic carbocycles. The van der Waals surface area contributed by atoms with Crippen LogP contribution in [0.25, 0.3) is 0 Å². The van der Waals surface area contributed by atoms with Gasteiger partial charge in [-0.15, -0.1) is 24.0 Å². The Bertz CT molecular complexity index is 719. The van der Waals surface area contributed by atoms with Crippen LogP contribution in [0.15, 0.2) is 23.2 Å². The highest BCUT2D eigenvalue weighted by molar-refractivity contribution is 14.0. The second-order valence-corrected chi connectivity index (χ2v) is 8.48. The van der Waals surface area contributed by atoms with Crippen molar-refractivity contribution >= 4 is 40.0 Å². The van der Waals surface area contributed by atoms with Crippen LogP contribution in [-0.4, -0.2) is 51.6 Å². The molecule has 1 saturated heterocycles. The molecule has 1 aliphatic rings. The number of rotatable bonds is 5. The first-order chi connectivity index (χ1) is 11.8. The second kappa shape index (κ2) is 10.4. The smallest absolute Gasteiger partial charge is 0.211 e. The van der Waals surface area contributed by atoms with E-state index in [1.165, 1.54) is 16.6 Å². The Balaban J connectivity index is 0.00000338. The summed E-state index contributed by atoms with van der Waals surface area (Å²) >= 11 is 0. The van der Waals surface area contributed by atoms with Gasteiger partial charge in [-0.1, -0.05) is 12.1 Å². The Morgan fingerprint density at radius 3 is 2.50 bits per heavy atom. The Morgan fingerprint density at radius 2 is 1.96 bits per heavy atom. The molecule has 1 aromatic rings. The Kier molecular flexibility index (Phi) is 9.25. The second-order valence-electron chi connectivity index (χ2n) is 6.50.